The van der Waals surface area contributed by atoms with Crippen molar-refractivity contribution in [2.45, 2.75) is 45.9 Å². The van der Waals surface area contributed by atoms with Gasteiger partial charge in [0.05, 0.1) is 5.69 Å². The van der Waals surface area contributed by atoms with Crippen molar-refractivity contribution in [2.75, 3.05) is 6.54 Å². The maximum absolute atomic E-state index is 10.3. The standard InChI is InChI=1S/C11H21N3O/c1-5-14-10(6-7-13-14)11(4,15)8-12-9(2)3/h6-7,9,12,15H,5,8H2,1-4H3. The van der Waals surface area contributed by atoms with Gasteiger partial charge in [-0.1, -0.05) is 13.8 Å². The lowest BCUT2D eigenvalue weighted by molar-refractivity contribution is 0.0457. The zero-order valence-electron chi connectivity index (χ0n) is 9.99. The van der Waals surface area contributed by atoms with Gasteiger partial charge < -0.3 is 10.4 Å². The first-order valence-corrected chi connectivity index (χ1v) is 5.45. The smallest absolute Gasteiger partial charge is 0.116 e. The minimum absolute atomic E-state index is 0.370. The zero-order chi connectivity index (χ0) is 11.5. The summed E-state index contributed by atoms with van der Waals surface area (Å²) < 4.78 is 1.82. The molecule has 1 aromatic rings. The minimum Gasteiger partial charge on any atom is -0.383 e. The molecule has 1 atom stereocenters. The fraction of sp³-hybridized carbons (Fsp3) is 0.727. The van der Waals surface area contributed by atoms with E-state index < -0.39 is 5.60 Å². The van der Waals surface area contributed by atoms with Crippen LogP contribution in [-0.2, 0) is 12.1 Å². The molecular formula is C11H21N3O. The predicted octanol–water partition coefficient (Wildman–Crippen LogP) is 1.11. The Kier molecular flexibility index (Phi) is 3.88. The lowest BCUT2D eigenvalue weighted by Crippen LogP contribution is -2.40. The number of aliphatic hydroxyl groups is 1. The molecule has 1 heterocycles. The number of hydrogen-bond acceptors (Lipinski definition) is 3. The van der Waals surface area contributed by atoms with Crippen LogP contribution >= 0.6 is 0 Å². The van der Waals surface area contributed by atoms with Crippen LogP contribution in [0.5, 0.6) is 0 Å². The van der Waals surface area contributed by atoms with Gasteiger partial charge in [-0.15, -0.1) is 0 Å². The van der Waals surface area contributed by atoms with Crippen LogP contribution in [0.4, 0.5) is 0 Å². The number of nitrogens with one attached hydrogen (secondary N) is 1. The molecule has 0 spiro atoms. The highest BCUT2D eigenvalue weighted by atomic mass is 16.3. The molecule has 0 radical (unpaired) electrons. The molecule has 0 aliphatic rings. The van der Waals surface area contributed by atoms with Crippen molar-refractivity contribution in [1.29, 1.82) is 0 Å². The van der Waals surface area contributed by atoms with E-state index in [2.05, 4.69) is 24.3 Å². The topological polar surface area (TPSA) is 50.1 Å². The van der Waals surface area contributed by atoms with Crippen molar-refractivity contribution >= 4 is 0 Å². The van der Waals surface area contributed by atoms with Gasteiger partial charge in [0.2, 0.25) is 0 Å². The van der Waals surface area contributed by atoms with Gasteiger partial charge in [0, 0.05) is 25.3 Å². The second-order valence-electron chi connectivity index (χ2n) is 4.34. The van der Waals surface area contributed by atoms with Crippen molar-refractivity contribution in [2.24, 2.45) is 0 Å². The maximum atomic E-state index is 10.3. The molecule has 86 valence electrons. The summed E-state index contributed by atoms with van der Waals surface area (Å²) in [6.45, 7) is 9.27. The summed E-state index contributed by atoms with van der Waals surface area (Å²) in [6.07, 6.45) is 1.72. The van der Waals surface area contributed by atoms with E-state index in [0.717, 1.165) is 12.2 Å². The summed E-state index contributed by atoms with van der Waals surface area (Å²) in [5.74, 6) is 0. The van der Waals surface area contributed by atoms with Gasteiger partial charge in [-0.25, -0.2) is 0 Å². The van der Waals surface area contributed by atoms with Crippen LogP contribution in [0.15, 0.2) is 12.3 Å². The van der Waals surface area contributed by atoms with E-state index in [0.29, 0.717) is 12.6 Å². The fourth-order valence-corrected chi connectivity index (χ4v) is 1.54. The average molecular weight is 211 g/mol. The number of nitrogens with zero attached hydrogens (tertiary/aromatic N) is 2. The van der Waals surface area contributed by atoms with E-state index >= 15 is 0 Å². The molecule has 1 unspecified atom stereocenters. The molecule has 0 aromatic carbocycles. The molecule has 0 saturated heterocycles. The summed E-state index contributed by atoms with van der Waals surface area (Å²) in [7, 11) is 0. The van der Waals surface area contributed by atoms with Crippen LogP contribution in [0.3, 0.4) is 0 Å². The molecule has 2 N–H and O–H groups in total. The lowest BCUT2D eigenvalue weighted by atomic mass is 10.0. The largest absolute Gasteiger partial charge is 0.383 e. The van der Waals surface area contributed by atoms with Crippen molar-refractivity contribution < 1.29 is 5.11 Å². The van der Waals surface area contributed by atoms with Gasteiger partial charge in [0.15, 0.2) is 0 Å². The van der Waals surface area contributed by atoms with Crippen LogP contribution in [0.1, 0.15) is 33.4 Å². The van der Waals surface area contributed by atoms with E-state index in [9.17, 15) is 5.11 Å². The van der Waals surface area contributed by atoms with Crippen molar-refractivity contribution in [3.8, 4) is 0 Å². The van der Waals surface area contributed by atoms with E-state index in [1.165, 1.54) is 0 Å². The molecule has 0 saturated carbocycles. The Morgan fingerprint density at radius 1 is 1.60 bits per heavy atom. The predicted molar refractivity (Wildman–Crippen MR) is 60.6 cm³/mol. The normalized spacial score (nSPS) is 15.6. The van der Waals surface area contributed by atoms with E-state index in [4.69, 9.17) is 0 Å². The SMILES string of the molecule is CCn1nccc1C(C)(O)CNC(C)C. The highest BCUT2D eigenvalue weighted by molar-refractivity contribution is 5.11. The Labute approximate surface area is 91.3 Å². The molecule has 4 nitrogen and oxygen atoms in total. The second-order valence-corrected chi connectivity index (χ2v) is 4.34. The van der Waals surface area contributed by atoms with E-state index in [1.807, 2.05) is 24.6 Å². The first-order chi connectivity index (χ1) is 6.97. The number of aromatic nitrogens is 2. The highest BCUT2D eigenvalue weighted by Crippen LogP contribution is 2.19. The maximum Gasteiger partial charge on any atom is 0.116 e. The molecule has 1 rings (SSSR count). The molecule has 0 aliphatic carbocycles. The van der Waals surface area contributed by atoms with Crippen LogP contribution in [0.2, 0.25) is 0 Å². The molecule has 0 fully saturated rings. The molecule has 0 bridgehead atoms. The van der Waals surface area contributed by atoms with Gasteiger partial charge in [0.25, 0.3) is 0 Å². The fourth-order valence-electron chi connectivity index (χ4n) is 1.54. The van der Waals surface area contributed by atoms with Crippen LogP contribution < -0.4 is 5.32 Å². The number of hydrogen-bond donors (Lipinski definition) is 2. The average Bonchev–Trinajstić information content (AvgIpc) is 2.63. The minimum atomic E-state index is -0.864. The first-order valence-electron chi connectivity index (χ1n) is 5.45. The third-order valence-corrected chi connectivity index (χ3v) is 2.42. The molecule has 0 amide bonds. The summed E-state index contributed by atoms with van der Waals surface area (Å²) in [5, 5.41) is 17.7. The van der Waals surface area contributed by atoms with Gasteiger partial charge in [-0.05, 0) is 19.9 Å². The molecular weight excluding hydrogens is 190 g/mol. The summed E-state index contributed by atoms with van der Waals surface area (Å²) >= 11 is 0. The molecule has 4 heteroatoms. The Hall–Kier alpha value is -0.870. The van der Waals surface area contributed by atoms with Gasteiger partial charge >= 0.3 is 0 Å². The summed E-state index contributed by atoms with van der Waals surface area (Å²) in [6, 6.07) is 2.24. The Morgan fingerprint density at radius 3 is 2.80 bits per heavy atom. The third kappa shape index (κ3) is 3.04. The Morgan fingerprint density at radius 2 is 2.27 bits per heavy atom. The van der Waals surface area contributed by atoms with Gasteiger partial charge in [-0.3, -0.25) is 4.68 Å². The van der Waals surface area contributed by atoms with Crippen LogP contribution in [0, 0.1) is 0 Å². The van der Waals surface area contributed by atoms with Gasteiger partial charge in [-0.2, -0.15) is 5.10 Å². The first kappa shape index (κ1) is 12.2. The Balaban J connectivity index is 2.76. The van der Waals surface area contributed by atoms with Crippen molar-refractivity contribution in [1.82, 2.24) is 15.1 Å². The number of aryl methyl sites for hydroxylation is 1. The third-order valence-electron chi connectivity index (χ3n) is 2.42. The zero-order valence-corrected chi connectivity index (χ0v) is 9.99. The van der Waals surface area contributed by atoms with E-state index in [1.54, 1.807) is 6.20 Å². The van der Waals surface area contributed by atoms with Crippen LogP contribution in [0.25, 0.3) is 0 Å². The van der Waals surface area contributed by atoms with Crippen molar-refractivity contribution in [3.05, 3.63) is 18.0 Å². The second kappa shape index (κ2) is 4.77. The van der Waals surface area contributed by atoms with E-state index in [-0.39, 0.29) is 0 Å². The molecule has 0 aliphatic heterocycles. The lowest BCUT2D eigenvalue weighted by Gasteiger charge is -2.25. The quantitative estimate of drug-likeness (QED) is 0.767. The summed E-state index contributed by atoms with van der Waals surface area (Å²) in [5.41, 5.74) is -0.00491. The number of rotatable bonds is 5. The van der Waals surface area contributed by atoms with Crippen molar-refractivity contribution in [3.63, 3.8) is 0 Å². The van der Waals surface area contributed by atoms with Gasteiger partial charge in [0.1, 0.15) is 5.60 Å². The molecule has 1 aromatic heterocycles. The monoisotopic (exact) mass is 211 g/mol. The summed E-state index contributed by atoms with van der Waals surface area (Å²) in [4.78, 5) is 0. The Bertz CT molecular complexity index is 305. The molecule has 15 heavy (non-hydrogen) atoms. The van der Waals surface area contributed by atoms with Crippen LogP contribution in [-0.4, -0.2) is 27.5 Å². The highest BCUT2D eigenvalue weighted by Gasteiger charge is 2.26.